The van der Waals surface area contributed by atoms with Crippen molar-refractivity contribution in [3.05, 3.63) is 18.0 Å². The Hall–Kier alpha value is -0.910. The van der Waals surface area contributed by atoms with Crippen LogP contribution in [0.25, 0.3) is 0 Å². The van der Waals surface area contributed by atoms with E-state index in [0.717, 1.165) is 19.4 Å². The van der Waals surface area contributed by atoms with Gasteiger partial charge in [-0.05, 0) is 24.9 Å². The second-order valence-electron chi connectivity index (χ2n) is 4.45. The van der Waals surface area contributed by atoms with E-state index in [1.54, 1.807) is 7.11 Å². The SMILES string of the molecule is CCCNC(COCCOC)Cc1cnn(C)c1. The third-order valence-electron chi connectivity index (χ3n) is 2.67. The summed E-state index contributed by atoms with van der Waals surface area (Å²) in [4.78, 5) is 0. The van der Waals surface area contributed by atoms with Gasteiger partial charge in [-0.15, -0.1) is 0 Å². The first-order valence-electron chi connectivity index (χ1n) is 6.53. The largest absolute Gasteiger partial charge is 0.382 e. The van der Waals surface area contributed by atoms with Crippen molar-refractivity contribution in [1.29, 1.82) is 0 Å². The molecule has 0 saturated carbocycles. The molecule has 1 rings (SSSR count). The van der Waals surface area contributed by atoms with Crippen molar-refractivity contribution in [2.75, 3.05) is 33.5 Å². The van der Waals surface area contributed by atoms with Crippen LogP contribution >= 0.6 is 0 Å². The van der Waals surface area contributed by atoms with E-state index in [1.807, 2.05) is 17.9 Å². The molecule has 1 aromatic rings. The molecule has 0 aliphatic carbocycles. The van der Waals surface area contributed by atoms with Gasteiger partial charge in [-0.2, -0.15) is 5.10 Å². The van der Waals surface area contributed by atoms with Gasteiger partial charge >= 0.3 is 0 Å². The third-order valence-corrected chi connectivity index (χ3v) is 2.67. The molecule has 0 spiro atoms. The lowest BCUT2D eigenvalue weighted by atomic mass is 10.1. The number of nitrogens with one attached hydrogen (secondary N) is 1. The molecule has 18 heavy (non-hydrogen) atoms. The Labute approximate surface area is 109 Å². The highest BCUT2D eigenvalue weighted by molar-refractivity contribution is 5.05. The Balaban J connectivity index is 2.34. The van der Waals surface area contributed by atoms with Crippen LogP contribution in [0, 0.1) is 0 Å². The highest BCUT2D eigenvalue weighted by atomic mass is 16.5. The monoisotopic (exact) mass is 255 g/mol. The highest BCUT2D eigenvalue weighted by Crippen LogP contribution is 2.02. The van der Waals surface area contributed by atoms with Gasteiger partial charge in [0.1, 0.15) is 0 Å². The molecule has 5 nitrogen and oxygen atoms in total. The van der Waals surface area contributed by atoms with Crippen LogP contribution in [0.3, 0.4) is 0 Å². The van der Waals surface area contributed by atoms with Crippen LogP contribution in [0.2, 0.25) is 0 Å². The molecule has 0 radical (unpaired) electrons. The molecule has 1 heterocycles. The lowest BCUT2D eigenvalue weighted by Gasteiger charge is -2.17. The van der Waals surface area contributed by atoms with E-state index in [-0.39, 0.29) is 0 Å². The lowest BCUT2D eigenvalue weighted by molar-refractivity contribution is 0.0587. The minimum absolute atomic E-state index is 0.339. The molecule has 0 aliphatic heterocycles. The maximum absolute atomic E-state index is 5.60. The first kappa shape index (κ1) is 15.1. The van der Waals surface area contributed by atoms with Gasteiger partial charge in [0.25, 0.3) is 0 Å². The topological polar surface area (TPSA) is 48.3 Å². The number of aryl methyl sites for hydroxylation is 1. The molecule has 0 fully saturated rings. The standard InChI is InChI=1S/C13H25N3O2/c1-4-5-14-13(11-18-7-6-17-3)8-12-9-15-16(2)10-12/h9-10,13-14H,4-8,11H2,1-3H3. The van der Waals surface area contributed by atoms with Gasteiger partial charge < -0.3 is 14.8 Å². The second kappa shape index (κ2) is 9.08. The van der Waals surface area contributed by atoms with Crippen molar-refractivity contribution in [1.82, 2.24) is 15.1 Å². The number of hydrogen-bond donors (Lipinski definition) is 1. The molecule has 0 aliphatic rings. The van der Waals surface area contributed by atoms with Crippen molar-refractivity contribution in [2.24, 2.45) is 7.05 Å². The first-order valence-corrected chi connectivity index (χ1v) is 6.53. The Morgan fingerprint density at radius 2 is 2.28 bits per heavy atom. The Morgan fingerprint density at radius 3 is 2.89 bits per heavy atom. The minimum atomic E-state index is 0.339. The summed E-state index contributed by atoms with van der Waals surface area (Å²) in [7, 11) is 3.62. The molecule has 104 valence electrons. The summed E-state index contributed by atoms with van der Waals surface area (Å²) in [6, 6.07) is 0.339. The summed E-state index contributed by atoms with van der Waals surface area (Å²) in [6.45, 7) is 5.18. The first-order chi connectivity index (χ1) is 8.76. The van der Waals surface area contributed by atoms with Gasteiger partial charge in [-0.3, -0.25) is 4.68 Å². The van der Waals surface area contributed by atoms with E-state index in [9.17, 15) is 0 Å². The Bertz CT molecular complexity index is 315. The fourth-order valence-corrected chi connectivity index (χ4v) is 1.77. The number of hydrogen-bond acceptors (Lipinski definition) is 4. The molecule has 1 N–H and O–H groups in total. The normalized spacial score (nSPS) is 12.8. The molecular weight excluding hydrogens is 230 g/mol. The number of nitrogens with zero attached hydrogens (tertiary/aromatic N) is 2. The predicted octanol–water partition coefficient (Wildman–Crippen LogP) is 0.994. The Morgan fingerprint density at radius 1 is 1.44 bits per heavy atom. The van der Waals surface area contributed by atoms with Gasteiger partial charge in [0.05, 0.1) is 26.0 Å². The van der Waals surface area contributed by atoms with Crippen LogP contribution in [-0.4, -0.2) is 49.3 Å². The van der Waals surface area contributed by atoms with Gasteiger partial charge in [0, 0.05) is 26.4 Å². The van der Waals surface area contributed by atoms with Crippen LogP contribution < -0.4 is 5.32 Å². The zero-order chi connectivity index (χ0) is 13.2. The highest BCUT2D eigenvalue weighted by Gasteiger charge is 2.10. The predicted molar refractivity (Wildman–Crippen MR) is 71.7 cm³/mol. The fourth-order valence-electron chi connectivity index (χ4n) is 1.77. The van der Waals surface area contributed by atoms with Gasteiger partial charge in [0.2, 0.25) is 0 Å². The van der Waals surface area contributed by atoms with Crippen LogP contribution in [0.1, 0.15) is 18.9 Å². The van der Waals surface area contributed by atoms with E-state index in [1.165, 1.54) is 5.56 Å². The number of rotatable bonds is 10. The van der Waals surface area contributed by atoms with Crippen molar-refractivity contribution < 1.29 is 9.47 Å². The van der Waals surface area contributed by atoms with Crippen molar-refractivity contribution in [2.45, 2.75) is 25.8 Å². The average molecular weight is 255 g/mol. The quantitative estimate of drug-likeness (QED) is 0.634. The van der Waals surface area contributed by atoms with E-state index >= 15 is 0 Å². The van der Waals surface area contributed by atoms with Crippen LogP contribution in [0.5, 0.6) is 0 Å². The van der Waals surface area contributed by atoms with Gasteiger partial charge in [0.15, 0.2) is 0 Å². The van der Waals surface area contributed by atoms with Gasteiger partial charge in [-0.1, -0.05) is 6.92 Å². The number of aromatic nitrogens is 2. The average Bonchev–Trinajstić information content (AvgIpc) is 2.77. The van der Waals surface area contributed by atoms with Crippen molar-refractivity contribution in [3.63, 3.8) is 0 Å². The van der Waals surface area contributed by atoms with E-state index < -0.39 is 0 Å². The van der Waals surface area contributed by atoms with Gasteiger partial charge in [-0.25, -0.2) is 0 Å². The lowest BCUT2D eigenvalue weighted by Crippen LogP contribution is -2.36. The van der Waals surface area contributed by atoms with Crippen molar-refractivity contribution >= 4 is 0 Å². The van der Waals surface area contributed by atoms with E-state index in [0.29, 0.717) is 25.9 Å². The number of ether oxygens (including phenoxy) is 2. The molecule has 0 aromatic carbocycles. The molecule has 1 aromatic heterocycles. The molecule has 0 amide bonds. The molecule has 0 saturated heterocycles. The molecule has 0 bridgehead atoms. The molecule has 5 heteroatoms. The fraction of sp³-hybridized carbons (Fsp3) is 0.769. The summed E-state index contributed by atoms with van der Waals surface area (Å²) in [5, 5.41) is 7.69. The maximum atomic E-state index is 5.60. The molecule has 1 unspecified atom stereocenters. The third kappa shape index (κ3) is 6.14. The summed E-state index contributed by atoms with van der Waals surface area (Å²) < 4.78 is 12.4. The van der Waals surface area contributed by atoms with Crippen molar-refractivity contribution in [3.8, 4) is 0 Å². The second-order valence-corrected chi connectivity index (χ2v) is 4.45. The smallest absolute Gasteiger partial charge is 0.0701 e. The molecular formula is C13H25N3O2. The van der Waals surface area contributed by atoms with E-state index in [4.69, 9.17) is 9.47 Å². The van der Waals surface area contributed by atoms with Crippen LogP contribution in [0.15, 0.2) is 12.4 Å². The summed E-state index contributed by atoms with van der Waals surface area (Å²) >= 11 is 0. The zero-order valence-electron chi connectivity index (χ0n) is 11.7. The van der Waals surface area contributed by atoms with Crippen LogP contribution in [-0.2, 0) is 22.9 Å². The number of methoxy groups -OCH3 is 1. The summed E-state index contributed by atoms with van der Waals surface area (Å²) in [6.07, 6.45) is 6.04. The minimum Gasteiger partial charge on any atom is -0.382 e. The zero-order valence-corrected chi connectivity index (χ0v) is 11.7. The maximum Gasteiger partial charge on any atom is 0.0701 e. The summed E-state index contributed by atoms with van der Waals surface area (Å²) in [5.41, 5.74) is 1.24. The van der Waals surface area contributed by atoms with Crippen LogP contribution in [0.4, 0.5) is 0 Å². The Kier molecular flexibility index (Phi) is 7.64. The molecule has 1 atom stereocenters. The summed E-state index contributed by atoms with van der Waals surface area (Å²) in [5.74, 6) is 0. The van der Waals surface area contributed by atoms with E-state index in [2.05, 4.69) is 23.5 Å².